The van der Waals surface area contributed by atoms with Gasteiger partial charge in [0.15, 0.2) is 0 Å². The van der Waals surface area contributed by atoms with Crippen molar-refractivity contribution in [1.82, 2.24) is 0 Å². The summed E-state index contributed by atoms with van der Waals surface area (Å²) in [5, 5.41) is 0.528. The number of hydrogen-bond donors (Lipinski definition) is 0. The third-order valence-corrected chi connectivity index (χ3v) is 1.64. The van der Waals surface area contributed by atoms with Gasteiger partial charge in [-0.1, -0.05) is 30.4 Å². The monoisotopic (exact) mass is 193 g/mol. The van der Waals surface area contributed by atoms with Crippen molar-refractivity contribution in [3.63, 3.8) is 0 Å². The number of halogens is 1. The molecule has 0 unspecified atom stereocenters. The van der Waals surface area contributed by atoms with Crippen LogP contribution in [-0.2, 0) is 0 Å². The van der Waals surface area contributed by atoms with E-state index in [4.69, 9.17) is 16.3 Å². The van der Waals surface area contributed by atoms with E-state index < -0.39 is 0 Å². The average molecular weight is 194 g/mol. The van der Waals surface area contributed by atoms with E-state index >= 15 is 0 Å². The molecule has 1 rings (SSSR count). The maximum absolute atomic E-state index is 5.80. The van der Waals surface area contributed by atoms with Crippen molar-refractivity contribution in [1.29, 1.82) is 0 Å². The Labute approximate surface area is 83.7 Å². The van der Waals surface area contributed by atoms with Gasteiger partial charge in [0.1, 0.15) is 5.75 Å². The van der Waals surface area contributed by atoms with E-state index in [0.717, 1.165) is 12.0 Å². The number of methoxy groups -OCH3 is 1. The molecular weight excluding hydrogens is 184 g/mol. The maximum atomic E-state index is 5.80. The highest BCUT2D eigenvalue weighted by Gasteiger charge is 1.97. The first kappa shape index (κ1) is 9.95. The first-order valence-electron chi connectivity index (χ1n) is 4.02. The molecule has 0 aliphatic carbocycles. The summed E-state index contributed by atoms with van der Waals surface area (Å²) in [5.74, 6) is 6.56. The molecule has 0 fully saturated rings. The predicted octanol–water partition coefficient (Wildman–Crippen LogP) is 2.91. The summed E-state index contributed by atoms with van der Waals surface area (Å²) < 4.78 is 5.01. The molecule has 2 heteroatoms. The smallest absolute Gasteiger partial charge is 0.129 e. The van der Waals surface area contributed by atoms with Gasteiger partial charge in [-0.05, 0) is 12.1 Å². The van der Waals surface area contributed by atoms with Crippen LogP contribution in [0.3, 0.4) is 0 Å². The zero-order chi connectivity index (χ0) is 9.68. The van der Waals surface area contributed by atoms with Gasteiger partial charge >= 0.3 is 0 Å². The number of benzene rings is 1. The van der Waals surface area contributed by atoms with Crippen molar-refractivity contribution in [2.45, 2.75) is 13.3 Å². The lowest BCUT2D eigenvalue weighted by Gasteiger charge is -1.99. The minimum atomic E-state index is 0.528. The maximum Gasteiger partial charge on any atom is 0.129 e. The number of hydrogen-bond acceptors (Lipinski definition) is 1. The van der Waals surface area contributed by atoms with E-state index in [1.54, 1.807) is 13.2 Å². The Morgan fingerprint density at radius 3 is 2.92 bits per heavy atom. The van der Waals surface area contributed by atoms with Crippen LogP contribution in [0.1, 0.15) is 18.9 Å². The first-order chi connectivity index (χ1) is 6.26. The number of rotatable bonds is 1. The van der Waals surface area contributed by atoms with E-state index in [0.29, 0.717) is 10.8 Å². The zero-order valence-corrected chi connectivity index (χ0v) is 8.40. The third-order valence-electron chi connectivity index (χ3n) is 1.44. The van der Waals surface area contributed by atoms with Gasteiger partial charge in [-0.2, -0.15) is 0 Å². The van der Waals surface area contributed by atoms with E-state index in [1.807, 2.05) is 13.0 Å². The first-order valence-corrected chi connectivity index (χ1v) is 4.39. The average Bonchev–Trinajstić information content (AvgIpc) is 2.14. The van der Waals surface area contributed by atoms with E-state index in [-0.39, 0.29) is 0 Å². The van der Waals surface area contributed by atoms with Crippen molar-refractivity contribution in [2.24, 2.45) is 0 Å². The molecule has 0 aromatic heterocycles. The van der Waals surface area contributed by atoms with E-state index in [9.17, 15) is 0 Å². The van der Waals surface area contributed by atoms with Crippen molar-refractivity contribution < 1.29 is 4.74 Å². The largest absolute Gasteiger partial charge is 0.496 e. The zero-order valence-electron chi connectivity index (χ0n) is 7.65. The van der Waals surface area contributed by atoms with Gasteiger partial charge in [-0.15, -0.1) is 0 Å². The molecule has 1 radical (unpaired) electrons. The summed E-state index contributed by atoms with van der Waals surface area (Å²) in [5.41, 5.74) is 0.863. The fraction of sp³-hybridized carbons (Fsp3) is 0.273. The SMILES string of the molecule is CCC#Cc1cc(Cl)[c]c(OC)c1. The summed E-state index contributed by atoms with van der Waals surface area (Å²) >= 11 is 5.80. The van der Waals surface area contributed by atoms with Crippen LogP contribution in [0.2, 0.25) is 5.02 Å². The van der Waals surface area contributed by atoms with Crippen molar-refractivity contribution in [3.8, 4) is 17.6 Å². The van der Waals surface area contributed by atoms with Gasteiger partial charge in [0.25, 0.3) is 0 Å². The minimum Gasteiger partial charge on any atom is -0.496 e. The lowest BCUT2D eigenvalue weighted by atomic mass is 10.2. The fourth-order valence-corrected chi connectivity index (χ4v) is 1.09. The van der Waals surface area contributed by atoms with E-state index in [1.165, 1.54) is 0 Å². The molecule has 0 atom stereocenters. The molecular formula is C11H10ClO. The third kappa shape index (κ3) is 3.01. The highest BCUT2D eigenvalue weighted by molar-refractivity contribution is 6.30. The number of ether oxygens (including phenoxy) is 1. The Balaban J connectivity index is 3.01. The van der Waals surface area contributed by atoms with Crippen LogP contribution < -0.4 is 4.74 Å². The lowest BCUT2D eigenvalue weighted by Crippen LogP contribution is -1.84. The van der Waals surface area contributed by atoms with Crippen molar-refractivity contribution >= 4 is 11.6 Å². The van der Waals surface area contributed by atoms with Crippen LogP contribution in [-0.4, -0.2) is 7.11 Å². The van der Waals surface area contributed by atoms with Crippen LogP contribution in [0.15, 0.2) is 12.1 Å². The molecule has 1 nitrogen and oxygen atoms in total. The lowest BCUT2D eigenvalue weighted by molar-refractivity contribution is 0.414. The molecule has 0 N–H and O–H groups in total. The Morgan fingerprint density at radius 1 is 1.54 bits per heavy atom. The summed E-state index contributed by atoms with van der Waals surface area (Å²) in [6.45, 7) is 2.00. The molecule has 0 aliphatic rings. The second kappa shape index (κ2) is 4.79. The summed E-state index contributed by atoms with van der Waals surface area (Å²) in [4.78, 5) is 0. The fourth-order valence-electron chi connectivity index (χ4n) is 0.882. The van der Waals surface area contributed by atoms with Crippen LogP contribution in [0.25, 0.3) is 0 Å². The Bertz CT molecular complexity index is 347. The van der Waals surface area contributed by atoms with Gasteiger partial charge in [0.05, 0.1) is 12.1 Å². The molecule has 0 saturated carbocycles. The molecule has 13 heavy (non-hydrogen) atoms. The highest BCUT2D eigenvalue weighted by Crippen LogP contribution is 2.18. The Morgan fingerprint density at radius 2 is 2.31 bits per heavy atom. The van der Waals surface area contributed by atoms with Crippen molar-refractivity contribution in [3.05, 3.63) is 28.8 Å². The molecule has 0 spiro atoms. The van der Waals surface area contributed by atoms with Crippen LogP contribution in [0, 0.1) is 17.9 Å². The second-order valence-electron chi connectivity index (χ2n) is 2.44. The normalized spacial score (nSPS) is 8.85. The molecule has 0 saturated heterocycles. The molecule has 0 bridgehead atoms. The van der Waals surface area contributed by atoms with Gasteiger partial charge in [0.2, 0.25) is 0 Å². The molecule has 0 heterocycles. The summed E-state index contributed by atoms with van der Waals surface area (Å²) in [6.07, 6.45) is 0.832. The highest BCUT2D eigenvalue weighted by atomic mass is 35.5. The molecule has 0 aliphatic heterocycles. The summed E-state index contributed by atoms with van der Waals surface area (Å²) in [7, 11) is 1.58. The molecule has 67 valence electrons. The van der Waals surface area contributed by atoms with Gasteiger partial charge in [-0.25, -0.2) is 0 Å². The minimum absolute atomic E-state index is 0.528. The quantitative estimate of drug-likeness (QED) is 0.624. The second-order valence-corrected chi connectivity index (χ2v) is 2.85. The molecule has 1 aromatic rings. The van der Waals surface area contributed by atoms with E-state index in [2.05, 4.69) is 17.9 Å². The van der Waals surface area contributed by atoms with Gasteiger partial charge in [-0.3, -0.25) is 0 Å². The predicted molar refractivity (Wildman–Crippen MR) is 54.0 cm³/mol. The summed E-state index contributed by atoms with van der Waals surface area (Å²) in [6, 6.07) is 6.43. The van der Waals surface area contributed by atoms with Crippen LogP contribution in [0.5, 0.6) is 5.75 Å². The van der Waals surface area contributed by atoms with Crippen LogP contribution in [0.4, 0.5) is 0 Å². The van der Waals surface area contributed by atoms with Crippen LogP contribution >= 0.6 is 11.6 Å². The molecule has 1 aromatic carbocycles. The van der Waals surface area contributed by atoms with Gasteiger partial charge in [0, 0.05) is 18.1 Å². The van der Waals surface area contributed by atoms with Crippen molar-refractivity contribution in [2.75, 3.05) is 7.11 Å². The standard InChI is InChI=1S/C11H10ClO/c1-3-4-5-9-6-10(12)8-11(7-9)13-2/h6-7H,3H2,1-2H3. The Hall–Kier alpha value is -1.13. The topological polar surface area (TPSA) is 9.23 Å². The molecule has 0 amide bonds. The Kier molecular flexibility index (Phi) is 3.67. The van der Waals surface area contributed by atoms with Gasteiger partial charge < -0.3 is 4.74 Å².